The third-order valence-electron chi connectivity index (χ3n) is 1.87. The lowest BCUT2D eigenvalue weighted by molar-refractivity contribution is -0.119. The van der Waals surface area contributed by atoms with Crippen LogP contribution in [0.5, 0.6) is 0 Å². The maximum Gasteiger partial charge on any atom is 0.216 e. The van der Waals surface area contributed by atoms with E-state index < -0.39 is 6.10 Å². The lowest BCUT2D eigenvalue weighted by Crippen LogP contribution is -2.41. The number of rotatable bonds is 2. The zero-order valence-corrected chi connectivity index (χ0v) is 6.99. The van der Waals surface area contributed by atoms with Gasteiger partial charge >= 0.3 is 0 Å². The van der Waals surface area contributed by atoms with Crippen molar-refractivity contribution in [2.45, 2.75) is 25.2 Å². The normalized spacial score (nSPS) is 35.1. The molecule has 5 heteroatoms. The first-order chi connectivity index (χ1) is 5.61. The van der Waals surface area contributed by atoms with Gasteiger partial charge in [0, 0.05) is 13.5 Å². The van der Waals surface area contributed by atoms with Crippen molar-refractivity contribution in [2.75, 3.05) is 13.2 Å². The van der Waals surface area contributed by atoms with Crippen LogP contribution in [0.2, 0.25) is 0 Å². The van der Waals surface area contributed by atoms with E-state index in [9.17, 15) is 9.90 Å². The summed E-state index contributed by atoms with van der Waals surface area (Å²) in [6.45, 7) is 2.09. The Labute approximate surface area is 70.9 Å². The molecule has 1 fully saturated rings. The molecular weight excluding hydrogens is 160 g/mol. The number of aliphatic hydroxyl groups is 1. The van der Waals surface area contributed by atoms with Crippen LogP contribution in [0.4, 0.5) is 0 Å². The van der Waals surface area contributed by atoms with Gasteiger partial charge in [-0.2, -0.15) is 0 Å². The number of ether oxygens (including phenoxy) is 1. The summed E-state index contributed by atoms with van der Waals surface area (Å²) in [6, 6.07) is -0.330. The molecule has 1 amide bonds. The second-order valence-electron chi connectivity index (χ2n) is 2.96. The van der Waals surface area contributed by atoms with Crippen LogP contribution in [0, 0.1) is 0 Å². The molecule has 0 unspecified atom stereocenters. The molecule has 1 aliphatic heterocycles. The topological polar surface area (TPSA) is 84.6 Å². The average Bonchev–Trinajstić information content (AvgIpc) is 2.30. The van der Waals surface area contributed by atoms with Crippen LogP contribution >= 0.6 is 0 Å². The van der Waals surface area contributed by atoms with Crippen LogP contribution in [0.15, 0.2) is 0 Å². The van der Waals surface area contributed by atoms with Crippen LogP contribution in [0.3, 0.4) is 0 Å². The van der Waals surface area contributed by atoms with Gasteiger partial charge in [0.2, 0.25) is 5.91 Å². The number of carbonyl (C=O) groups is 1. The molecule has 12 heavy (non-hydrogen) atoms. The molecule has 5 nitrogen and oxygen atoms in total. The Kier molecular flexibility index (Phi) is 3.02. The van der Waals surface area contributed by atoms with Crippen molar-refractivity contribution in [3.05, 3.63) is 0 Å². The van der Waals surface area contributed by atoms with Crippen molar-refractivity contribution >= 4 is 5.91 Å². The van der Waals surface area contributed by atoms with Gasteiger partial charge < -0.3 is 20.9 Å². The van der Waals surface area contributed by atoms with Crippen molar-refractivity contribution in [1.82, 2.24) is 5.32 Å². The Hall–Kier alpha value is -0.650. The zero-order chi connectivity index (χ0) is 9.14. The fourth-order valence-electron chi connectivity index (χ4n) is 1.13. The molecule has 0 saturated carbocycles. The SMILES string of the molecule is CC(=O)NC[C@H]1OC[C@H](N)[C@H]1O. The van der Waals surface area contributed by atoms with Crippen molar-refractivity contribution in [1.29, 1.82) is 0 Å². The predicted octanol–water partition coefficient (Wildman–Crippen LogP) is -1.79. The van der Waals surface area contributed by atoms with E-state index in [-0.39, 0.29) is 18.1 Å². The van der Waals surface area contributed by atoms with E-state index in [1.54, 1.807) is 0 Å². The van der Waals surface area contributed by atoms with Gasteiger partial charge in [-0.3, -0.25) is 4.79 Å². The largest absolute Gasteiger partial charge is 0.389 e. The summed E-state index contributed by atoms with van der Waals surface area (Å²) < 4.78 is 5.14. The van der Waals surface area contributed by atoms with E-state index in [0.717, 1.165) is 0 Å². The number of hydrogen-bond acceptors (Lipinski definition) is 4. The molecule has 4 N–H and O–H groups in total. The lowest BCUT2D eigenvalue weighted by atomic mass is 10.1. The first-order valence-corrected chi connectivity index (χ1v) is 3.91. The number of amides is 1. The third kappa shape index (κ3) is 2.17. The third-order valence-corrected chi connectivity index (χ3v) is 1.87. The quantitative estimate of drug-likeness (QED) is 0.461. The van der Waals surface area contributed by atoms with Gasteiger partial charge in [-0.15, -0.1) is 0 Å². The number of aliphatic hydroxyl groups excluding tert-OH is 1. The van der Waals surface area contributed by atoms with Crippen LogP contribution in [-0.4, -0.2) is 42.4 Å². The second kappa shape index (κ2) is 3.84. The molecule has 0 spiro atoms. The standard InChI is InChI=1S/C7H14N2O3/c1-4(10)9-2-6-7(11)5(8)3-12-6/h5-7,11H,2-3,8H2,1H3,(H,9,10)/t5-,6+,7+/m0/s1. The van der Waals surface area contributed by atoms with Gasteiger partial charge in [-0.25, -0.2) is 0 Å². The second-order valence-corrected chi connectivity index (χ2v) is 2.96. The van der Waals surface area contributed by atoms with E-state index >= 15 is 0 Å². The van der Waals surface area contributed by atoms with Gasteiger partial charge in [0.05, 0.1) is 18.8 Å². The Morgan fingerprint density at radius 2 is 2.50 bits per heavy atom. The van der Waals surface area contributed by atoms with Gasteiger partial charge in [0.1, 0.15) is 6.10 Å². The van der Waals surface area contributed by atoms with E-state index in [2.05, 4.69) is 5.32 Å². The Balaban J connectivity index is 2.29. The van der Waals surface area contributed by atoms with Gasteiger partial charge in [-0.05, 0) is 0 Å². The number of nitrogens with two attached hydrogens (primary N) is 1. The van der Waals surface area contributed by atoms with Gasteiger partial charge in [-0.1, -0.05) is 0 Å². The summed E-state index contributed by atoms with van der Waals surface area (Å²) in [7, 11) is 0. The molecule has 1 saturated heterocycles. The summed E-state index contributed by atoms with van der Waals surface area (Å²) in [4.78, 5) is 10.5. The summed E-state index contributed by atoms with van der Waals surface area (Å²) >= 11 is 0. The smallest absolute Gasteiger partial charge is 0.216 e. The van der Waals surface area contributed by atoms with Crippen LogP contribution in [-0.2, 0) is 9.53 Å². The first-order valence-electron chi connectivity index (χ1n) is 3.91. The molecule has 1 heterocycles. The van der Waals surface area contributed by atoms with Crippen molar-refractivity contribution < 1.29 is 14.6 Å². The Bertz CT molecular complexity index is 174. The van der Waals surface area contributed by atoms with Gasteiger partial charge in [0.25, 0.3) is 0 Å². The highest BCUT2D eigenvalue weighted by molar-refractivity contribution is 5.72. The minimum absolute atomic E-state index is 0.133. The summed E-state index contributed by atoms with van der Waals surface area (Å²) in [6.07, 6.45) is -1.03. The van der Waals surface area contributed by atoms with Crippen LogP contribution in [0.1, 0.15) is 6.92 Å². The fraction of sp³-hybridized carbons (Fsp3) is 0.857. The molecule has 0 radical (unpaired) electrons. The molecular formula is C7H14N2O3. The molecule has 0 bridgehead atoms. The summed E-state index contributed by atoms with van der Waals surface area (Å²) in [5, 5.41) is 11.9. The highest BCUT2D eigenvalue weighted by atomic mass is 16.5. The zero-order valence-electron chi connectivity index (χ0n) is 6.99. The molecule has 1 aliphatic rings. The molecule has 70 valence electrons. The molecule has 0 aliphatic carbocycles. The predicted molar refractivity (Wildman–Crippen MR) is 42.4 cm³/mol. The molecule has 0 aromatic rings. The minimum atomic E-state index is -0.670. The summed E-state index contributed by atoms with van der Waals surface area (Å²) in [5.74, 6) is -0.133. The lowest BCUT2D eigenvalue weighted by Gasteiger charge is -2.14. The molecule has 0 aromatic carbocycles. The molecule has 1 rings (SSSR count). The summed E-state index contributed by atoms with van der Waals surface area (Å²) in [5.41, 5.74) is 5.49. The van der Waals surface area contributed by atoms with Crippen molar-refractivity contribution in [3.63, 3.8) is 0 Å². The van der Waals surface area contributed by atoms with E-state index in [0.29, 0.717) is 13.2 Å². The fourth-order valence-corrected chi connectivity index (χ4v) is 1.13. The molecule has 0 aromatic heterocycles. The first kappa shape index (κ1) is 9.44. The Morgan fingerprint density at radius 1 is 1.83 bits per heavy atom. The monoisotopic (exact) mass is 174 g/mol. The minimum Gasteiger partial charge on any atom is -0.389 e. The van der Waals surface area contributed by atoms with E-state index in [1.165, 1.54) is 6.92 Å². The van der Waals surface area contributed by atoms with Crippen LogP contribution < -0.4 is 11.1 Å². The van der Waals surface area contributed by atoms with Gasteiger partial charge in [0.15, 0.2) is 0 Å². The highest BCUT2D eigenvalue weighted by Gasteiger charge is 2.32. The number of hydrogen-bond donors (Lipinski definition) is 3. The number of carbonyl (C=O) groups excluding carboxylic acids is 1. The van der Waals surface area contributed by atoms with E-state index in [1.807, 2.05) is 0 Å². The van der Waals surface area contributed by atoms with Crippen LogP contribution in [0.25, 0.3) is 0 Å². The maximum atomic E-state index is 10.5. The number of nitrogens with one attached hydrogen (secondary N) is 1. The maximum absolute atomic E-state index is 10.5. The van der Waals surface area contributed by atoms with E-state index in [4.69, 9.17) is 10.5 Å². The molecule has 3 atom stereocenters. The van der Waals surface area contributed by atoms with Crippen molar-refractivity contribution in [3.8, 4) is 0 Å². The average molecular weight is 174 g/mol. The van der Waals surface area contributed by atoms with Crippen molar-refractivity contribution in [2.24, 2.45) is 5.73 Å². The highest BCUT2D eigenvalue weighted by Crippen LogP contribution is 2.11. The Morgan fingerprint density at radius 3 is 2.92 bits per heavy atom.